The van der Waals surface area contributed by atoms with Crippen LogP contribution in [-0.2, 0) is 0 Å². The fraction of sp³-hybridized carbons (Fsp3) is 0.700. The van der Waals surface area contributed by atoms with E-state index in [0.29, 0.717) is 17.8 Å². The Kier molecular flexibility index (Phi) is 6.14. The number of aliphatic hydroxyl groups excluding tert-OH is 1. The van der Waals surface area contributed by atoms with Crippen molar-refractivity contribution >= 4 is 0 Å². The van der Waals surface area contributed by atoms with Crippen LogP contribution in [0.15, 0.2) is 24.3 Å². The van der Waals surface area contributed by atoms with E-state index in [1.807, 2.05) is 18.2 Å². The third-order valence-electron chi connectivity index (χ3n) is 5.85. The minimum atomic E-state index is -0.132. The summed E-state index contributed by atoms with van der Waals surface area (Å²) < 4.78 is 0. The van der Waals surface area contributed by atoms with Crippen LogP contribution in [0.3, 0.4) is 0 Å². The molecule has 2 aliphatic rings. The lowest BCUT2D eigenvalue weighted by molar-refractivity contribution is 0.00655. The number of hydrogen-bond donors (Lipinski definition) is 3. The van der Waals surface area contributed by atoms with Gasteiger partial charge in [-0.2, -0.15) is 0 Å². The van der Waals surface area contributed by atoms with Gasteiger partial charge in [0.15, 0.2) is 0 Å². The second-order valence-electron chi connectivity index (χ2n) is 7.42. The van der Waals surface area contributed by atoms with E-state index >= 15 is 0 Å². The topological polar surface area (TPSA) is 55.7 Å². The summed E-state index contributed by atoms with van der Waals surface area (Å²) in [6, 6.07) is 8.73. The number of aromatic hydroxyl groups is 1. The molecule has 0 amide bonds. The van der Waals surface area contributed by atoms with Gasteiger partial charge in [0.05, 0.1) is 6.10 Å². The Hall–Kier alpha value is -1.10. The molecule has 0 radical (unpaired) electrons. The second kappa shape index (κ2) is 8.32. The van der Waals surface area contributed by atoms with Gasteiger partial charge in [-0.3, -0.25) is 4.90 Å². The number of likely N-dealkylation sites (tertiary alicyclic amines) is 1. The molecule has 1 heterocycles. The van der Waals surface area contributed by atoms with E-state index in [9.17, 15) is 10.2 Å². The number of benzene rings is 1. The van der Waals surface area contributed by atoms with Crippen LogP contribution >= 0.6 is 0 Å². The zero-order chi connectivity index (χ0) is 16.9. The molecule has 4 nitrogen and oxygen atoms in total. The molecule has 0 unspecified atom stereocenters. The predicted octanol–water partition coefficient (Wildman–Crippen LogP) is 3.20. The number of rotatable bonds is 5. The summed E-state index contributed by atoms with van der Waals surface area (Å²) >= 11 is 0. The molecular formula is C20H32N2O2. The van der Waals surface area contributed by atoms with E-state index in [-0.39, 0.29) is 12.1 Å². The lowest BCUT2D eigenvalue weighted by Crippen LogP contribution is -2.51. The summed E-state index contributed by atoms with van der Waals surface area (Å²) in [7, 11) is 0. The van der Waals surface area contributed by atoms with Crippen molar-refractivity contribution in [1.82, 2.24) is 10.2 Å². The Morgan fingerprint density at radius 3 is 2.50 bits per heavy atom. The van der Waals surface area contributed by atoms with Crippen LogP contribution in [0.2, 0.25) is 0 Å². The molecule has 134 valence electrons. The van der Waals surface area contributed by atoms with Crippen molar-refractivity contribution < 1.29 is 10.2 Å². The third kappa shape index (κ3) is 4.11. The molecule has 0 bridgehead atoms. The number of hydrogen-bond acceptors (Lipinski definition) is 4. The van der Waals surface area contributed by atoms with Crippen LogP contribution in [-0.4, -0.2) is 46.4 Å². The van der Waals surface area contributed by atoms with Crippen LogP contribution in [0.4, 0.5) is 0 Å². The number of aliphatic hydroxyl groups is 1. The summed E-state index contributed by atoms with van der Waals surface area (Å²) in [5, 5.41) is 24.1. The molecule has 2 fully saturated rings. The largest absolute Gasteiger partial charge is 0.508 e. The van der Waals surface area contributed by atoms with Gasteiger partial charge in [-0.25, -0.2) is 0 Å². The molecule has 1 aromatic rings. The van der Waals surface area contributed by atoms with Gasteiger partial charge in [0.1, 0.15) is 5.75 Å². The first-order valence-corrected chi connectivity index (χ1v) is 9.65. The van der Waals surface area contributed by atoms with Crippen molar-refractivity contribution in [3.63, 3.8) is 0 Å². The van der Waals surface area contributed by atoms with Gasteiger partial charge in [-0.15, -0.1) is 0 Å². The van der Waals surface area contributed by atoms with Crippen LogP contribution in [0.5, 0.6) is 5.75 Å². The Bertz CT molecular complexity index is 514. The molecule has 24 heavy (non-hydrogen) atoms. The maximum Gasteiger partial charge on any atom is 0.120 e. The molecule has 0 spiro atoms. The Labute approximate surface area is 145 Å². The molecule has 3 atom stereocenters. The van der Waals surface area contributed by atoms with Crippen LogP contribution in [0.1, 0.15) is 63.5 Å². The summed E-state index contributed by atoms with van der Waals surface area (Å²) in [5.74, 6) is 0.389. The third-order valence-corrected chi connectivity index (χ3v) is 5.85. The van der Waals surface area contributed by atoms with Gasteiger partial charge < -0.3 is 15.5 Å². The van der Waals surface area contributed by atoms with E-state index in [4.69, 9.17) is 0 Å². The van der Waals surface area contributed by atoms with Crippen molar-refractivity contribution in [2.75, 3.05) is 13.1 Å². The highest BCUT2D eigenvalue weighted by atomic mass is 16.3. The van der Waals surface area contributed by atoms with E-state index in [0.717, 1.165) is 50.8 Å². The fourth-order valence-electron chi connectivity index (χ4n) is 4.41. The Balaban J connectivity index is 1.53. The Morgan fingerprint density at radius 1 is 1.12 bits per heavy atom. The van der Waals surface area contributed by atoms with E-state index in [1.54, 1.807) is 6.07 Å². The average molecular weight is 332 g/mol. The molecule has 3 rings (SSSR count). The number of para-hydroxylation sites is 1. The van der Waals surface area contributed by atoms with E-state index in [2.05, 4.69) is 17.1 Å². The lowest BCUT2D eigenvalue weighted by atomic mass is 9.89. The van der Waals surface area contributed by atoms with Gasteiger partial charge in [0, 0.05) is 36.8 Å². The monoisotopic (exact) mass is 332 g/mol. The zero-order valence-electron chi connectivity index (χ0n) is 14.8. The van der Waals surface area contributed by atoms with Gasteiger partial charge in [0.25, 0.3) is 0 Å². The molecule has 1 saturated heterocycles. The molecule has 0 aromatic heterocycles. The number of nitrogens with zero attached hydrogens (tertiary/aromatic N) is 1. The molecule has 1 saturated carbocycles. The van der Waals surface area contributed by atoms with Gasteiger partial charge in [0.2, 0.25) is 0 Å². The van der Waals surface area contributed by atoms with Gasteiger partial charge in [-0.1, -0.05) is 38.0 Å². The number of phenols is 1. The van der Waals surface area contributed by atoms with E-state index < -0.39 is 0 Å². The molecular weight excluding hydrogens is 300 g/mol. The van der Waals surface area contributed by atoms with Crippen molar-refractivity contribution in [3.05, 3.63) is 29.8 Å². The van der Waals surface area contributed by atoms with Crippen molar-refractivity contribution in [2.24, 2.45) is 0 Å². The minimum absolute atomic E-state index is 0.132. The van der Waals surface area contributed by atoms with E-state index in [1.165, 1.54) is 12.8 Å². The smallest absolute Gasteiger partial charge is 0.120 e. The normalized spacial score (nSPS) is 27.9. The predicted molar refractivity (Wildman–Crippen MR) is 97.1 cm³/mol. The maximum atomic E-state index is 10.3. The summed E-state index contributed by atoms with van der Waals surface area (Å²) in [5.41, 5.74) is 1.00. The SMILES string of the molecule is CC[C@H](NC1CCN([C@@H]2CCCC[C@H]2O)CC1)c1ccccc1O. The lowest BCUT2D eigenvalue weighted by Gasteiger charge is -2.42. The zero-order valence-corrected chi connectivity index (χ0v) is 14.8. The first kappa shape index (κ1) is 17.7. The highest BCUT2D eigenvalue weighted by molar-refractivity contribution is 5.34. The van der Waals surface area contributed by atoms with Crippen LogP contribution in [0, 0.1) is 0 Å². The number of piperidine rings is 1. The average Bonchev–Trinajstić information content (AvgIpc) is 2.61. The molecule has 1 aromatic carbocycles. The highest BCUT2D eigenvalue weighted by Gasteiger charge is 2.32. The second-order valence-corrected chi connectivity index (χ2v) is 7.42. The summed E-state index contributed by atoms with van der Waals surface area (Å²) in [6.07, 6.45) is 7.62. The number of phenolic OH excluding ortho intramolecular Hbond substituents is 1. The van der Waals surface area contributed by atoms with Crippen LogP contribution < -0.4 is 5.32 Å². The molecule has 1 aliphatic carbocycles. The standard InChI is InChI=1S/C20H32N2O2/c1-2-17(16-7-3-5-9-19(16)23)21-15-11-13-22(14-12-15)18-8-4-6-10-20(18)24/h3,5,7,9,15,17-18,20-21,23-24H,2,4,6,8,10-14H2,1H3/t17-,18+,20+/m0/s1. The molecule has 3 N–H and O–H groups in total. The quantitative estimate of drug-likeness (QED) is 0.775. The van der Waals surface area contributed by atoms with Crippen molar-refractivity contribution in [1.29, 1.82) is 0 Å². The summed E-state index contributed by atoms with van der Waals surface area (Å²) in [4.78, 5) is 2.50. The van der Waals surface area contributed by atoms with Gasteiger partial charge in [-0.05, 0) is 38.2 Å². The molecule has 1 aliphatic heterocycles. The van der Waals surface area contributed by atoms with Gasteiger partial charge >= 0.3 is 0 Å². The molecule has 4 heteroatoms. The van der Waals surface area contributed by atoms with Crippen molar-refractivity contribution in [3.8, 4) is 5.75 Å². The van der Waals surface area contributed by atoms with Crippen LogP contribution in [0.25, 0.3) is 0 Å². The number of nitrogens with one attached hydrogen (secondary N) is 1. The highest BCUT2D eigenvalue weighted by Crippen LogP contribution is 2.29. The maximum absolute atomic E-state index is 10.3. The fourth-order valence-corrected chi connectivity index (χ4v) is 4.41. The first-order chi connectivity index (χ1) is 11.7. The summed E-state index contributed by atoms with van der Waals surface area (Å²) in [6.45, 7) is 4.30. The Morgan fingerprint density at radius 2 is 1.83 bits per heavy atom. The minimum Gasteiger partial charge on any atom is -0.508 e. The first-order valence-electron chi connectivity index (χ1n) is 9.65. The van der Waals surface area contributed by atoms with Crippen molar-refractivity contribution in [2.45, 2.75) is 76.1 Å².